The minimum Gasteiger partial charge on any atom is -0.496 e. The molecule has 2 aromatic rings. The van der Waals surface area contributed by atoms with Crippen LogP contribution >= 0.6 is 0 Å². The van der Waals surface area contributed by atoms with Crippen LogP contribution in [-0.4, -0.2) is 58.6 Å². The second kappa shape index (κ2) is 9.56. The molecular formula is C23H27NO6. The molecule has 160 valence electrons. The molecule has 2 aromatic carbocycles. The summed E-state index contributed by atoms with van der Waals surface area (Å²) in [6, 6.07) is 13.6. The van der Waals surface area contributed by atoms with Gasteiger partial charge in [-0.2, -0.15) is 5.26 Å². The lowest BCUT2D eigenvalue weighted by Crippen LogP contribution is -2.55. The van der Waals surface area contributed by atoms with Gasteiger partial charge in [-0.25, -0.2) is 0 Å². The number of rotatable bonds is 6. The zero-order valence-corrected chi connectivity index (χ0v) is 17.0. The molecule has 1 aliphatic heterocycles. The molecule has 1 heterocycles. The first-order chi connectivity index (χ1) is 14.4. The number of hydrogen-bond donors (Lipinski definition) is 4. The van der Waals surface area contributed by atoms with Crippen LogP contribution in [0.15, 0.2) is 36.4 Å². The highest BCUT2D eigenvalue weighted by Gasteiger charge is 2.45. The molecule has 7 heteroatoms. The van der Waals surface area contributed by atoms with Gasteiger partial charge in [0.1, 0.15) is 36.3 Å². The summed E-state index contributed by atoms with van der Waals surface area (Å²) >= 11 is 0. The summed E-state index contributed by atoms with van der Waals surface area (Å²) in [4.78, 5) is 0. The van der Waals surface area contributed by atoms with Gasteiger partial charge in [0.15, 0.2) is 0 Å². The van der Waals surface area contributed by atoms with Gasteiger partial charge >= 0.3 is 0 Å². The standard InChI is InChI=1S/C23H27NO6/c1-3-13-4-6-14(7-5-13)8-15-9-17(18(29-2)10-16(15)11-24)23-22(28)21(27)20(26)19(12-25)30-23/h4-7,9-10,19-23,25-28H,3,8,12H2,1-2H3. The Kier molecular flexibility index (Phi) is 7.08. The number of ether oxygens (including phenoxy) is 2. The van der Waals surface area contributed by atoms with Gasteiger partial charge in [0.05, 0.1) is 25.3 Å². The zero-order valence-electron chi connectivity index (χ0n) is 17.0. The van der Waals surface area contributed by atoms with E-state index in [9.17, 15) is 25.7 Å². The summed E-state index contributed by atoms with van der Waals surface area (Å²) in [6.07, 6.45) is -5.01. The van der Waals surface area contributed by atoms with Gasteiger partial charge in [0.25, 0.3) is 0 Å². The summed E-state index contributed by atoms with van der Waals surface area (Å²) in [7, 11) is 1.44. The van der Waals surface area contributed by atoms with Crippen molar-refractivity contribution in [1.29, 1.82) is 5.26 Å². The Labute approximate surface area is 175 Å². The number of nitrogens with zero attached hydrogens (tertiary/aromatic N) is 1. The predicted molar refractivity (Wildman–Crippen MR) is 109 cm³/mol. The Hall–Kier alpha value is -2.47. The highest BCUT2D eigenvalue weighted by molar-refractivity contribution is 5.51. The second-order valence-corrected chi connectivity index (χ2v) is 7.46. The SMILES string of the molecule is CCc1ccc(Cc2cc(C3OC(CO)C(O)C(O)C3O)c(OC)cc2C#N)cc1. The van der Waals surface area contributed by atoms with Crippen molar-refractivity contribution in [2.24, 2.45) is 0 Å². The number of nitriles is 1. The third kappa shape index (κ3) is 4.33. The summed E-state index contributed by atoms with van der Waals surface area (Å²) < 4.78 is 11.1. The summed E-state index contributed by atoms with van der Waals surface area (Å²) in [5.41, 5.74) is 3.83. The van der Waals surface area contributed by atoms with Gasteiger partial charge in [-0.15, -0.1) is 0 Å². The zero-order chi connectivity index (χ0) is 21.8. The largest absolute Gasteiger partial charge is 0.496 e. The Morgan fingerprint density at radius 3 is 2.27 bits per heavy atom. The highest BCUT2D eigenvalue weighted by Crippen LogP contribution is 2.38. The minimum atomic E-state index is -1.49. The smallest absolute Gasteiger partial charge is 0.126 e. The fourth-order valence-electron chi connectivity index (χ4n) is 3.76. The van der Waals surface area contributed by atoms with Crippen molar-refractivity contribution in [3.63, 3.8) is 0 Å². The van der Waals surface area contributed by atoms with Crippen molar-refractivity contribution >= 4 is 0 Å². The molecule has 1 aliphatic rings. The van der Waals surface area contributed by atoms with Crippen molar-refractivity contribution in [1.82, 2.24) is 0 Å². The van der Waals surface area contributed by atoms with Crippen LogP contribution in [0.25, 0.3) is 0 Å². The van der Waals surface area contributed by atoms with E-state index in [-0.39, 0.29) is 0 Å². The molecule has 1 fully saturated rings. The quantitative estimate of drug-likeness (QED) is 0.562. The van der Waals surface area contributed by atoms with E-state index in [0.29, 0.717) is 23.3 Å². The van der Waals surface area contributed by atoms with Gasteiger partial charge in [-0.05, 0) is 41.7 Å². The molecule has 0 aliphatic carbocycles. The van der Waals surface area contributed by atoms with Gasteiger partial charge in [0, 0.05) is 5.56 Å². The molecule has 5 atom stereocenters. The maximum absolute atomic E-state index is 10.5. The molecule has 5 unspecified atom stereocenters. The molecule has 1 saturated heterocycles. The first-order valence-corrected chi connectivity index (χ1v) is 9.92. The second-order valence-electron chi connectivity index (χ2n) is 7.46. The van der Waals surface area contributed by atoms with Crippen LogP contribution in [0.5, 0.6) is 5.75 Å². The van der Waals surface area contributed by atoms with Gasteiger partial charge < -0.3 is 29.9 Å². The van der Waals surface area contributed by atoms with E-state index in [4.69, 9.17) is 9.47 Å². The van der Waals surface area contributed by atoms with E-state index in [0.717, 1.165) is 17.5 Å². The molecule has 0 radical (unpaired) electrons. The molecule has 3 rings (SSSR count). The van der Waals surface area contributed by atoms with Crippen LogP contribution in [0.3, 0.4) is 0 Å². The first kappa shape index (κ1) is 22.2. The van der Waals surface area contributed by atoms with Crippen molar-refractivity contribution in [3.8, 4) is 11.8 Å². The van der Waals surface area contributed by atoms with E-state index in [1.54, 1.807) is 12.1 Å². The minimum absolute atomic E-state index is 0.320. The average Bonchev–Trinajstić information content (AvgIpc) is 2.78. The van der Waals surface area contributed by atoms with E-state index in [1.165, 1.54) is 12.7 Å². The van der Waals surface area contributed by atoms with Crippen molar-refractivity contribution < 1.29 is 29.9 Å². The fourth-order valence-corrected chi connectivity index (χ4v) is 3.76. The molecule has 0 aromatic heterocycles. The Bertz CT molecular complexity index is 905. The lowest BCUT2D eigenvalue weighted by molar-refractivity contribution is -0.232. The summed E-state index contributed by atoms with van der Waals surface area (Å²) in [5.74, 6) is 0.320. The van der Waals surface area contributed by atoms with Crippen LogP contribution in [-0.2, 0) is 17.6 Å². The van der Waals surface area contributed by atoms with E-state index < -0.39 is 37.1 Å². The number of aliphatic hydroxyl groups is 4. The Balaban J connectivity index is 2.01. The molecule has 0 spiro atoms. The maximum Gasteiger partial charge on any atom is 0.126 e. The molecule has 0 saturated carbocycles. The maximum atomic E-state index is 10.5. The Morgan fingerprint density at radius 2 is 1.70 bits per heavy atom. The molecule has 7 nitrogen and oxygen atoms in total. The third-order valence-corrected chi connectivity index (χ3v) is 5.60. The number of methoxy groups -OCH3 is 1. The van der Waals surface area contributed by atoms with Crippen molar-refractivity contribution in [2.45, 2.75) is 50.3 Å². The first-order valence-electron chi connectivity index (χ1n) is 9.92. The molecule has 0 amide bonds. The average molecular weight is 413 g/mol. The summed E-state index contributed by atoms with van der Waals surface area (Å²) in [6.45, 7) is 1.57. The number of hydrogen-bond acceptors (Lipinski definition) is 7. The van der Waals surface area contributed by atoms with Crippen LogP contribution in [0, 0.1) is 11.3 Å². The predicted octanol–water partition coefficient (Wildman–Crippen LogP) is 1.23. The molecule has 0 bridgehead atoms. The van der Waals surface area contributed by atoms with Crippen LogP contribution in [0.2, 0.25) is 0 Å². The molecule has 30 heavy (non-hydrogen) atoms. The molecule has 4 N–H and O–H groups in total. The van der Waals surface area contributed by atoms with Crippen LogP contribution in [0.1, 0.15) is 40.8 Å². The van der Waals surface area contributed by atoms with E-state index in [2.05, 4.69) is 13.0 Å². The third-order valence-electron chi connectivity index (χ3n) is 5.60. The molecular weight excluding hydrogens is 386 g/mol. The van der Waals surface area contributed by atoms with Crippen molar-refractivity contribution in [3.05, 3.63) is 64.2 Å². The number of benzene rings is 2. The van der Waals surface area contributed by atoms with E-state index in [1.807, 2.05) is 24.3 Å². The van der Waals surface area contributed by atoms with Gasteiger partial charge in [0.2, 0.25) is 0 Å². The number of aryl methyl sites for hydroxylation is 1. The Morgan fingerprint density at radius 1 is 1.03 bits per heavy atom. The fraction of sp³-hybridized carbons (Fsp3) is 0.435. The van der Waals surface area contributed by atoms with Gasteiger partial charge in [-0.1, -0.05) is 31.2 Å². The monoisotopic (exact) mass is 413 g/mol. The summed E-state index contributed by atoms with van der Waals surface area (Å²) in [5, 5.41) is 49.8. The topological polar surface area (TPSA) is 123 Å². The number of aliphatic hydroxyl groups excluding tert-OH is 4. The highest BCUT2D eigenvalue weighted by atomic mass is 16.5. The normalized spacial score (nSPS) is 26.2. The van der Waals surface area contributed by atoms with Gasteiger partial charge in [-0.3, -0.25) is 0 Å². The van der Waals surface area contributed by atoms with Crippen molar-refractivity contribution in [2.75, 3.05) is 13.7 Å². The lowest BCUT2D eigenvalue weighted by atomic mass is 9.88. The van der Waals surface area contributed by atoms with Crippen LogP contribution < -0.4 is 4.74 Å². The lowest BCUT2D eigenvalue weighted by Gasteiger charge is -2.40. The van der Waals surface area contributed by atoms with E-state index >= 15 is 0 Å². The van der Waals surface area contributed by atoms with Crippen LogP contribution in [0.4, 0.5) is 0 Å².